The van der Waals surface area contributed by atoms with E-state index >= 15 is 0 Å². The first-order valence-electron chi connectivity index (χ1n) is 6.00. The molecule has 2 aromatic rings. The molecule has 5 heteroatoms. The van der Waals surface area contributed by atoms with Crippen molar-refractivity contribution in [1.29, 1.82) is 0 Å². The zero-order valence-electron chi connectivity index (χ0n) is 9.87. The van der Waals surface area contributed by atoms with E-state index in [0.717, 1.165) is 16.3 Å². The molecule has 1 fully saturated rings. The highest BCUT2D eigenvalue weighted by Gasteiger charge is 2.28. The highest BCUT2D eigenvalue weighted by Crippen LogP contribution is 2.38. The molecule has 0 amide bonds. The van der Waals surface area contributed by atoms with Crippen molar-refractivity contribution in [2.45, 2.75) is 36.0 Å². The van der Waals surface area contributed by atoms with Crippen molar-refractivity contribution in [1.82, 2.24) is 10.1 Å². The zero-order chi connectivity index (χ0) is 12.4. The maximum atomic E-state index is 8.96. The van der Waals surface area contributed by atoms with Gasteiger partial charge in [-0.25, -0.2) is 0 Å². The molecule has 0 saturated heterocycles. The SMILES string of the molecule is OCc1ccc(SCc2nc(C3CC3)no2)cc1. The Morgan fingerprint density at radius 1 is 1.28 bits per heavy atom. The van der Waals surface area contributed by atoms with Gasteiger partial charge in [-0.1, -0.05) is 17.3 Å². The second-order valence-electron chi connectivity index (χ2n) is 4.41. The van der Waals surface area contributed by atoms with Gasteiger partial charge in [-0.05, 0) is 30.5 Å². The van der Waals surface area contributed by atoms with Crippen LogP contribution in [0.4, 0.5) is 0 Å². The van der Waals surface area contributed by atoms with E-state index in [-0.39, 0.29) is 6.61 Å². The average Bonchev–Trinajstić information content (AvgIpc) is 3.16. The Hall–Kier alpha value is -1.33. The summed E-state index contributed by atoms with van der Waals surface area (Å²) < 4.78 is 5.21. The van der Waals surface area contributed by atoms with Gasteiger partial charge in [0.15, 0.2) is 5.82 Å². The number of thioether (sulfide) groups is 1. The molecular weight excluding hydrogens is 248 g/mol. The van der Waals surface area contributed by atoms with Crippen molar-refractivity contribution in [3.63, 3.8) is 0 Å². The Kier molecular flexibility index (Phi) is 3.34. The van der Waals surface area contributed by atoms with Gasteiger partial charge in [0, 0.05) is 10.8 Å². The largest absolute Gasteiger partial charge is 0.392 e. The molecule has 94 valence electrons. The molecule has 4 nitrogen and oxygen atoms in total. The summed E-state index contributed by atoms with van der Waals surface area (Å²) in [7, 11) is 0. The molecule has 0 spiro atoms. The summed E-state index contributed by atoms with van der Waals surface area (Å²) in [6, 6.07) is 7.83. The van der Waals surface area contributed by atoms with E-state index in [1.165, 1.54) is 12.8 Å². The first-order chi connectivity index (χ1) is 8.85. The minimum atomic E-state index is 0.0827. The van der Waals surface area contributed by atoms with E-state index in [0.29, 0.717) is 17.6 Å². The third-order valence-corrected chi connectivity index (χ3v) is 3.89. The van der Waals surface area contributed by atoms with E-state index in [4.69, 9.17) is 9.63 Å². The number of benzene rings is 1. The van der Waals surface area contributed by atoms with Crippen molar-refractivity contribution >= 4 is 11.8 Å². The Morgan fingerprint density at radius 3 is 2.72 bits per heavy atom. The second kappa shape index (κ2) is 5.12. The third-order valence-electron chi connectivity index (χ3n) is 2.89. The Balaban J connectivity index is 1.58. The summed E-state index contributed by atoms with van der Waals surface area (Å²) in [5.74, 6) is 2.78. The van der Waals surface area contributed by atoms with Gasteiger partial charge in [-0.3, -0.25) is 0 Å². The molecule has 0 bridgehead atoms. The van der Waals surface area contributed by atoms with Crippen LogP contribution in [0.5, 0.6) is 0 Å². The predicted octanol–water partition coefficient (Wildman–Crippen LogP) is 2.73. The van der Waals surface area contributed by atoms with Crippen molar-refractivity contribution in [3.8, 4) is 0 Å². The highest BCUT2D eigenvalue weighted by molar-refractivity contribution is 7.98. The number of hydrogen-bond acceptors (Lipinski definition) is 5. The minimum absolute atomic E-state index is 0.0827. The summed E-state index contributed by atoms with van der Waals surface area (Å²) in [5.41, 5.74) is 0.924. The monoisotopic (exact) mass is 262 g/mol. The van der Waals surface area contributed by atoms with Crippen LogP contribution in [0.15, 0.2) is 33.7 Å². The highest BCUT2D eigenvalue weighted by atomic mass is 32.2. The molecule has 18 heavy (non-hydrogen) atoms. The topological polar surface area (TPSA) is 59.2 Å². The lowest BCUT2D eigenvalue weighted by Gasteiger charge is -1.99. The fraction of sp³-hybridized carbons (Fsp3) is 0.385. The number of nitrogens with zero attached hydrogens (tertiary/aromatic N) is 2. The van der Waals surface area contributed by atoms with Gasteiger partial charge in [0.25, 0.3) is 0 Å². The fourth-order valence-corrected chi connectivity index (χ4v) is 2.41. The third kappa shape index (κ3) is 2.73. The van der Waals surface area contributed by atoms with Crippen LogP contribution in [0.3, 0.4) is 0 Å². The number of aliphatic hydroxyl groups is 1. The maximum Gasteiger partial charge on any atom is 0.237 e. The molecule has 0 aliphatic heterocycles. The van der Waals surface area contributed by atoms with Crippen molar-refractivity contribution in [2.24, 2.45) is 0 Å². The molecule has 3 rings (SSSR count). The van der Waals surface area contributed by atoms with E-state index in [9.17, 15) is 0 Å². The zero-order valence-corrected chi connectivity index (χ0v) is 10.7. The quantitative estimate of drug-likeness (QED) is 0.840. The fourth-order valence-electron chi connectivity index (χ4n) is 1.67. The summed E-state index contributed by atoms with van der Waals surface area (Å²) in [6.07, 6.45) is 2.38. The lowest BCUT2D eigenvalue weighted by atomic mass is 10.2. The number of aromatic nitrogens is 2. The van der Waals surface area contributed by atoms with Gasteiger partial charge < -0.3 is 9.63 Å². The molecule has 1 aromatic heterocycles. The second-order valence-corrected chi connectivity index (χ2v) is 5.46. The standard InChI is InChI=1S/C13H14N2O2S/c16-7-9-1-5-11(6-2-9)18-8-12-14-13(15-17-12)10-3-4-10/h1-2,5-6,10,16H,3-4,7-8H2. The molecule has 0 atom stereocenters. The number of hydrogen-bond donors (Lipinski definition) is 1. The predicted molar refractivity (Wildman–Crippen MR) is 68.2 cm³/mol. The normalized spacial score (nSPS) is 14.9. The van der Waals surface area contributed by atoms with Gasteiger partial charge in [0.2, 0.25) is 5.89 Å². The van der Waals surface area contributed by atoms with Crippen molar-refractivity contribution in [3.05, 3.63) is 41.5 Å². The summed E-state index contributed by atoms with van der Waals surface area (Å²) >= 11 is 1.66. The summed E-state index contributed by atoms with van der Waals surface area (Å²) in [5, 5.41) is 12.9. The van der Waals surface area contributed by atoms with Gasteiger partial charge in [0.1, 0.15) is 0 Å². The van der Waals surface area contributed by atoms with E-state index in [1.54, 1.807) is 11.8 Å². The molecule has 1 heterocycles. The van der Waals surface area contributed by atoms with Crippen molar-refractivity contribution < 1.29 is 9.63 Å². The molecule has 0 unspecified atom stereocenters. The van der Waals surface area contributed by atoms with Crippen LogP contribution in [0.2, 0.25) is 0 Å². The number of aliphatic hydroxyl groups excluding tert-OH is 1. The van der Waals surface area contributed by atoms with E-state index in [2.05, 4.69) is 10.1 Å². The molecular formula is C13H14N2O2S. The molecule has 1 saturated carbocycles. The Bertz CT molecular complexity index is 520. The van der Waals surface area contributed by atoms with Gasteiger partial charge in [0.05, 0.1) is 12.4 Å². The van der Waals surface area contributed by atoms with Crippen LogP contribution in [0, 0.1) is 0 Å². The summed E-state index contributed by atoms with van der Waals surface area (Å²) in [6.45, 7) is 0.0827. The van der Waals surface area contributed by atoms with Crippen LogP contribution in [-0.4, -0.2) is 15.2 Å². The molecule has 0 radical (unpaired) electrons. The molecule has 1 aromatic carbocycles. The van der Waals surface area contributed by atoms with Crippen LogP contribution < -0.4 is 0 Å². The lowest BCUT2D eigenvalue weighted by molar-refractivity contribution is 0.282. The van der Waals surface area contributed by atoms with Crippen molar-refractivity contribution in [2.75, 3.05) is 0 Å². The van der Waals surface area contributed by atoms with E-state index in [1.807, 2.05) is 24.3 Å². The van der Waals surface area contributed by atoms with Gasteiger partial charge in [-0.2, -0.15) is 4.98 Å². The van der Waals surface area contributed by atoms with Gasteiger partial charge >= 0.3 is 0 Å². The van der Waals surface area contributed by atoms with Crippen LogP contribution in [0.1, 0.15) is 36.0 Å². The Labute approximate surface area is 109 Å². The molecule has 1 aliphatic rings. The van der Waals surface area contributed by atoms with E-state index < -0.39 is 0 Å². The molecule has 1 aliphatic carbocycles. The molecule has 1 N–H and O–H groups in total. The smallest absolute Gasteiger partial charge is 0.237 e. The van der Waals surface area contributed by atoms with Gasteiger partial charge in [-0.15, -0.1) is 11.8 Å². The average molecular weight is 262 g/mol. The Morgan fingerprint density at radius 2 is 2.06 bits per heavy atom. The first-order valence-corrected chi connectivity index (χ1v) is 6.99. The van der Waals surface area contributed by atoms with Crippen LogP contribution in [-0.2, 0) is 12.4 Å². The first kappa shape index (κ1) is 11.7. The maximum absolute atomic E-state index is 8.96. The minimum Gasteiger partial charge on any atom is -0.392 e. The number of rotatable bonds is 5. The van der Waals surface area contributed by atoms with Crippen LogP contribution in [0.25, 0.3) is 0 Å². The summed E-state index contributed by atoms with van der Waals surface area (Å²) in [4.78, 5) is 5.52. The van der Waals surface area contributed by atoms with Crippen LogP contribution >= 0.6 is 11.8 Å². The lowest BCUT2D eigenvalue weighted by Crippen LogP contribution is -1.85.